The number of likely N-dealkylation sites (N-methyl/N-ethyl adjacent to an activating group) is 2. The molecule has 0 atom stereocenters. The van der Waals surface area contributed by atoms with E-state index in [0.717, 1.165) is 42.8 Å². The fourth-order valence-corrected chi connectivity index (χ4v) is 5.39. The largest absolute Gasteiger partial charge is 0.313 e. The van der Waals surface area contributed by atoms with Crippen LogP contribution in [-0.4, -0.2) is 38.4 Å². The topological polar surface area (TPSA) is 49.4 Å². The predicted molar refractivity (Wildman–Crippen MR) is 119 cm³/mol. The van der Waals surface area contributed by atoms with E-state index in [1.54, 1.807) is 36.5 Å². The molecule has 2 aliphatic rings. The highest BCUT2D eigenvalue weighted by Gasteiger charge is 2.51. The summed E-state index contributed by atoms with van der Waals surface area (Å²) in [5.41, 5.74) is 0.870. The number of allylic oxidation sites excluding steroid dienone is 5. The summed E-state index contributed by atoms with van der Waals surface area (Å²) >= 11 is 5.37. The van der Waals surface area contributed by atoms with Gasteiger partial charge in [0.15, 0.2) is 0 Å². The molecule has 1 aliphatic heterocycles. The Labute approximate surface area is 172 Å². The van der Waals surface area contributed by atoms with Crippen molar-refractivity contribution in [2.24, 2.45) is 0 Å². The molecular formula is C21H37ClN2O2S. The van der Waals surface area contributed by atoms with E-state index in [2.05, 4.69) is 25.4 Å². The quantitative estimate of drug-likeness (QED) is 0.496. The molecule has 0 unspecified atom stereocenters. The van der Waals surface area contributed by atoms with Crippen LogP contribution in [0.15, 0.2) is 46.9 Å². The van der Waals surface area contributed by atoms with Gasteiger partial charge in [0.2, 0.25) is 10.0 Å². The van der Waals surface area contributed by atoms with Gasteiger partial charge in [0, 0.05) is 18.6 Å². The average Bonchev–Trinajstić information content (AvgIpc) is 2.74. The van der Waals surface area contributed by atoms with Crippen LogP contribution in [0.4, 0.5) is 0 Å². The average molecular weight is 417 g/mol. The van der Waals surface area contributed by atoms with E-state index in [4.69, 9.17) is 11.6 Å². The Morgan fingerprint density at radius 2 is 1.81 bits per heavy atom. The van der Waals surface area contributed by atoms with Crippen molar-refractivity contribution in [1.29, 1.82) is 0 Å². The first kappa shape index (κ1) is 26.1. The third-order valence-corrected chi connectivity index (χ3v) is 7.13. The van der Waals surface area contributed by atoms with Gasteiger partial charge in [-0.05, 0) is 51.8 Å². The van der Waals surface area contributed by atoms with Gasteiger partial charge in [-0.2, -0.15) is 4.31 Å². The molecule has 0 aromatic carbocycles. The Hall–Kier alpha value is -0.880. The molecule has 0 saturated heterocycles. The number of nitrogens with one attached hydrogen (secondary N) is 1. The van der Waals surface area contributed by atoms with Gasteiger partial charge in [0.25, 0.3) is 0 Å². The van der Waals surface area contributed by atoms with Gasteiger partial charge in [0.05, 0.1) is 10.4 Å². The molecule has 1 spiro atoms. The highest BCUT2D eigenvalue weighted by Crippen LogP contribution is 2.47. The number of sulfonamides is 1. The van der Waals surface area contributed by atoms with Crippen molar-refractivity contribution in [1.82, 2.24) is 9.62 Å². The molecule has 1 saturated carbocycles. The summed E-state index contributed by atoms with van der Waals surface area (Å²) < 4.78 is 26.4. The SMILES string of the molecule is C=C/C=C(\C)Cl.C=CC.CCNCC1=C(C)S(=O)(=O)N(C)C12CCCCC2. The second-order valence-corrected chi connectivity index (χ2v) is 9.48. The van der Waals surface area contributed by atoms with Gasteiger partial charge >= 0.3 is 0 Å². The lowest BCUT2D eigenvalue weighted by atomic mass is 9.76. The molecule has 6 heteroatoms. The van der Waals surface area contributed by atoms with E-state index >= 15 is 0 Å². The summed E-state index contributed by atoms with van der Waals surface area (Å²) in [6, 6.07) is 0. The Morgan fingerprint density at radius 1 is 1.30 bits per heavy atom. The van der Waals surface area contributed by atoms with Crippen molar-refractivity contribution < 1.29 is 8.42 Å². The van der Waals surface area contributed by atoms with Crippen LogP contribution in [-0.2, 0) is 10.0 Å². The third-order valence-electron chi connectivity index (χ3n) is 4.92. The number of rotatable bonds is 4. The fourth-order valence-electron chi connectivity index (χ4n) is 3.56. The lowest BCUT2D eigenvalue weighted by molar-refractivity contribution is 0.197. The van der Waals surface area contributed by atoms with Crippen LogP contribution in [0.1, 0.15) is 59.8 Å². The lowest BCUT2D eigenvalue weighted by Crippen LogP contribution is -2.48. The Balaban J connectivity index is 0.000000632. The summed E-state index contributed by atoms with van der Waals surface area (Å²) in [6.07, 6.45) is 10.6. The number of hydrogen-bond donors (Lipinski definition) is 1. The standard InChI is InChI=1S/C13H24N2O2S.C5H7Cl.C3H6/c1-4-14-10-12-11(2)18(16,17)15(3)13(12)8-6-5-7-9-13;1-3-4-5(2)6;1-3-2/h14H,4-10H2,1-3H3;3-4H,1H2,2H3;3H,1H2,2H3/b;5-4+;. The minimum Gasteiger partial charge on any atom is -0.313 e. The Kier molecular flexibility index (Phi) is 12.1. The fraction of sp³-hybridized carbons (Fsp3) is 0.619. The van der Waals surface area contributed by atoms with Gasteiger partial charge < -0.3 is 5.32 Å². The van der Waals surface area contributed by atoms with Crippen molar-refractivity contribution in [3.05, 3.63) is 46.9 Å². The van der Waals surface area contributed by atoms with Crippen LogP contribution in [0, 0.1) is 0 Å². The predicted octanol–water partition coefficient (Wildman–Crippen LogP) is 5.36. The Bertz CT molecular complexity index is 641. The minimum absolute atomic E-state index is 0.233. The van der Waals surface area contributed by atoms with Crippen LogP contribution < -0.4 is 5.32 Å². The van der Waals surface area contributed by atoms with E-state index in [-0.39, 0.29) is 5.54 Å². The number of halogens is 1. The lowest BCUT2D eigenvalue weighted by Gasteiger charge is -2.40. The van der Waals surface area contributed by atoms with E-state index < -0.39 is 10.0 Å². The highest BCUT2D eigenvalue weighted by molar-refractivity contribution is 7.93. The summed E-state index contributed by atoms with van der Waals surface area (Å²) in [4.78, 5) is 0.577. The maximum absolute atomic E-state index is 12.4. The summed E-state index contributed by atoms with van der Waals surface area (Å²) in [5, 5.41) is 4.07. The van der Waals surface area contributed by atoms with Gasteiger partial charge in [0.1, 0.15) is 0 Å². The molecule has 0 radical (unpaired) electrons. The molecule has 0 aromatic rings. The summed E-state index contributed by atoms with van der Waals surface area (Å²) in [6.45, 7) is 15.9. The maximum atomic E-state index is 12.4. The Morgan fingerprint density at radius 3 is 2.19 bits per heavy atom. The molecule has 0 bridgehead atoms. The van der Waals surface area contributed by atoms with Crippen molar-refractivity contribution in [3.8, 4) is 0 Å². The van der Waals surface area contributed by atoms with Crippen molar-refractivity contribution >= 4 is 21.6 Å². The van der Waals surface area contributed by atoms with Crippen LogP contribution in [0.2, 0.25) is 0 Å². The van der Waals surface area contributed by atoms with Crippen molar-refractivity contribution in [2.75, 3.05) is 20.1 Å². The minimum atomic E-state index is -3.22. The molecule has 0 aromatic heterocycles. The molecule has 27 heavy (non-hydrogen) atoms. The molecule has 1 N–H and O–H groups in total. The van der Waals surface area contributed by atoms with Gasteiger partial charge in [-0.1, -0.05) is 56.5 Å². The first-order valence-electron chi connectivity index (χ1n) is 9.57. The van der Waals surface area contributed by atoms with Crippen LogP contribution in [0.25, 0.3) is 0 Å². The zero-order valence-electron chi connectivity index (χ0n) is 17.6. The second kappa shape index (κ2) is 12.6. The van der Waals surface area contributed by atoms with E-state index in [1.165, 1.54) is 6.42 Å². The number of nitrogens with zero attached hydrogens (tertiary/aromatic N) is 1. The summed E-state index contributed by atoms with van der Waals surface area (Å²) in [7, 11) is -1.47. The van der Waals surface area contributed by atoms with E-state index in [1.807, 2.05) is 13.8 Å². The zero-order valence-corrected chi connectivity index (χ0v) is 19.2. The second-order valence-electron chi connectivity index (χ2n) is 6.78. The molecule has 4 nitrogen and oxygen atoms in total. The normalized spacial score (nSPS) is 21.0. The molecule has 1 heterocycles. The maximum Gasteiger partial charge on any atom is 0.239 e. The zero-order chi connectivity index (χ0) is 21.1. The molecule has 0 amide bonds. The van der Waals surface area contributed by atoms with E-state index in [9.17, 15) is 8.42 Å². The van der Waals surface area contributed by atoms with Gasteiger partial charge in [-0.25, -0.2) is 8.42 Å². The van der Waals surface area contributed by atoms with Gasteiger partial charge in [-0.3, -0.25) is 0 Å². The smallest absolute Gasteiger partial charge is 0.239 e. The molecule has 1 aliphatic carbocycles. The molecular weight excluding hydrogens is 380 g/mol. The molecule has 2 rings (SSSR count). The van der Waals surface area contributed by atoms with Crippen LogP contribution in [0.3, 0.4) is 0 Å². The number of hydrogen-bond acceptors (Lipinski definition) is 3. The van der Waals surface area contributed by atoms with E-state index in [0.29, 0.717) is 11.4 Å². The highest BCUT2D eigenvalue weighted by atomic mass is 35.5. The first-order chi connectivity index (χ1) is 12.6. The third kappa shape index (κ3) is 6.90. The summed E-state index contributed by atoms with van der Waals surface area (Å²) in [5.74, 6) is 0. The molecule has 1 fully saturated rings. The van der Waals surface area contributed by atoms with Gasteiger partial charge in [-0.15, -0.1) is 6.58 Å². The van der Waals surface area contributed by atoms with Crippen LogP contribution >= 0.6 is 11.6 Å². The van der Waals surface area contributed by atoms with Crippen LogP contribution in [0.5, 0.6) is 0 Å². The first-order valence-corrected chi connectivity index (χ1v) is 11.4. The van der Waals surface area contributed by atoms with Crippen molar-refractivity contribution in [3.63, 3.8) is 0 Å². The molecule has 156 valence electrons. The van der Waals surface area contributed by atoms with Crippen molar-refractivity contribution in [2.45, 2.75) is 65.3 Å². The monoisotopic (exact) mass is 416 g/mol.